The predicted molar refractivity (Wildman–Crippen MR) is 128 cm³/mol. The highest BCUT2D eigenvalue weighted by molar-refractivity contribution is 7.21. The summed E-state index contributed by atoms with van der Waals surface area (Å²) in [6.07, 6.45) is 3.13. The van der Waals surface area contributed by atoms with Gasteiger partial charge in [0.25, 0.3) is 11.5 Å². The minimum absolute atomic E-state index is 0.00642. The van der Waals surface area contributed by atoms with Crippen molar-refractivity contribution in [2.24, 2.45) is 5.92 Å². The number of benzene rings is 2. The van der Waals surface area contributed by atoms with E-state index in [4.69, 9.17) is 0 Å². The first-order valence-corrected chi connectivity index (χ1v) is 11.9. The van der Waals surface area contributed by atoms with E-state index in [-0.39, 0.29) is 11.5 Å². The van der Waals surface area contributed by atoms with Gasteiger partial charge in [-0.25, -0.2) is 0 Å². The van der Waals surface area contributed by atoms with E-state index in [0.717, 1.165) is 48.0 Å². The van der Waals surface area contributed by atoms with E-state index in [1.165, 1.54) is 16.9 Å². The highest BCUT2D eigenvalue weighted by atomic mass is 32.1. The topological polar surface area (TPSA) is 42.3 Å². The molecule has 0 spiro atoms. The molecule has 1 fully saturated rings. The SMILES string of the molecule is CCn1c(=O)c2cc(C(=O)N3CCC(Cc4ccccc4)CC3)sc2c2ccccc21. The molecule has 31 heavy (non-hydrogen) atoms. The van der Waals surface area contributed by atoms with Crippen molar-refractivity contribution in [3.63, 3.8) is 0 Å². The number of carbonyl (C=O) groups is 1. The molecule has 1 aliphatic rings. The third-order valence-corrected chi connectivity index (χ3v) is 7.60. The summed E-state index contributed by atoms with van der Waals surface area (Å²) in [5.41, 5.74) is 2.30. The lowest BCUT2D eigenvalue weighted by Crippen LogP contribution is -2.38. The monoisotopic (exact) mass is 430 g/mol. The molecule has 1 aliphatic heterocycles. The zero-order valence-corrected chi connectivity index (χ0v) is 18.5. The lowest BCUT2D eigenvalue weighted by atomic mass is 9.90. The normalized spacial score (nSPS) is 15.1. The van der Waals surface area contributed by atoms with Gasteiger partial charge in [-0.15, -0.1) is 11.3 Å². The van der Waals surface area contributed by atoms with Gasteiger partial charge in [0.15, 0.2) is 0 Å². The molecule has 0 bridgehead atoms. The maximum absolute atomic E-state index is 13.3. The van der Waals surface area contributed by atoms with Gasteiger partial charge in [0.2, 0.25) is 0 Å². The van der Waals surface area contributed by atoms with Crippen LogP contribution in [0.25, 0.3) is 21.0 Å². The van der Waals surface area contributed by atoms with Gasteiger partial charge in [-0.05, 0) is 49.8 Å². The van der Waals surface area contributed by atoms with Gasteiger partial charge in [-0.2, -0.15) is 0 Å². The average molecular weight is 431 g/mol. The zero-order chi connectivity index (χ0) is 21.4. The Morgan fingerprint density at radius 3 is 2.45 bits per heavy atom. The van der Waals surface area contributed by atoms with Crippen LogP contribution in [0.15, 0.2) is 65.5 Å². The maximum atomic E-state index is 13.3. The number of carbonyl (C=O) groups excluding carboxylic acids is 1. The van der Waals surface area contributed by atoms with Crippen LogP contribution in [0.4, 0.5) is 0 Å². The van der Waals surface area contributed by atoms with Gasteiger partial charge in [0.1, 0.15) is 0 Å². The van der Waals surface area contributed by atoms with E-state index in [2.05, 4.69) is 24.3 Å². The van der Waals surface area contributed by atoms with Crippen LogP contribution < -0.4 is 5.56 Å². The third-order valence-electron chi connectivity index (χ3n) is 6.44. The van der Waals surface area contributed by atoms with Crippen LogP contribution >= 0.6 is 11.3 Å². The maximum Gasteiger partial charge on any atom is 0.263 e. The predicted octanol–water partition coefficient (Wildman–Crippen LogP) is 5.33. The van der Waals surface area contributed by atoms with Crippen molar-refractivity contribution in [3.8, 4) is 0 Å². The molecular formula is C26H26N2O2S. The Morgan fingerprint density at radius 1 is 1.00 bits per heavy atom. The number of hydrogen-bond acceptors (Lipinski definition) is 3. The number of fused-ring (bicyclic) bond motifs is 3. The minimum Gasteiger partial charge on any atom is -0.338 e. The first-order valence-electron chi connectivity index (χ1n) is 11.0. The molecule has 0 radical (unpaired) electrons. The van der Waals surface area contributed by atoms with Crippen molar-refractivity contribution in [1.82, 2.24) is 9.47 Å². The fourth-order valence-electron chi connectivity index (χ4n) is 4.77. The molecule has 5 rings (SSSR count). The number of hydrogen-bond donors (Lipinski definition) is 0. The number of rotatable bonds is 4. The highest BCUT2D eigenvalue weighted by Crippen LogP contribution is 2.32. The van der Waals surface area contributed by atoms with E-state index in [1.54, 1.807) is 4.57 Å². The molecule has 5 heteroatoms. The van der Waals surface area contributed by atoms with Crippen LogP contribution in [0.5, 0.6) is 0 Å². The largest absolute Gasteiger partial charge is 0.338 e. The number of para-hydroxylation sites is 1. The number of pyridine rings is 1. The number of amides is 1. The van der Waals surface area contributed by atoms with Crippen molar-refractivity contribution in [1.29, 1.82) is 0 Å². The quantitative estimate of drug-likeness (QED) is 0.439. The van der Waals surface area contributed by atoms with Crippen molar-refractivity contribution in [2.75, 3.05) is 13.1 Å². The van der Waals surface area contributed by atoms with Crippen LogP contribution in [-0.4, -0.2) is 28.5 Å². The number of piperidine rings is 1. The van der Waals surface area contributed by atoms with E-state index >= 15 is 0 Å². The van der Waals surface area contributed by atoms with Crippen molar-refractivity contribution >= 4 is 38.2 Å². The van der Waals surface area contributed by atoms with E-state index in [1.807, 2.05) is 48.2 Å². The van der Waals surface area contributed by atoms with Gasteiger partial charge in [-0.1, -0.05) is 48.5 Å². The molecule has 4 nitrogen and oxygen atoms in total. The van der Waals surface area contributed by atoms with Gasteiger partial charge in [0.05, 0.1) is 15.8 Å². The Morgan fingerprint density at radius 2 is 1.71 bits per heavy atom. The lowest BCUT2D eigenvalue weighted by molar-refractivity contribution is 0.0695. The number of thiophene rings is 1. The van der Waals surface area contributed by atoms with E-state index < -0.39 is 0 Å². The van der Waals surface area contributed by atoms with Crippen LogP contribution in [0.1, 0.15) is 35.0 Å². The fourth-order valence-corrected chi connectivity index (χ4v) is 5.92. The van der Waals surface area contributed by atoms with Crippen molar-refractivity contribution in [2.45, 2.75) is 32.7 Å². The summed E-state index contributed by atoms with van der Waals surface area (Å²) < 4.78 is 2.72. The molecule has 0 atom stereocenters. The molecule has 2 aromatic carbocycles. The second-order valence-electron chi connectivity index (χ2n) is 8.35. The smallest absolute Gasteiger partial charge is 0.263 e. The summed E-state index contributed by atoms with van der Waals surface area (Å²) in [4.78, 5) is 28.9. The first kappa shape index (κ1) is 20.0. The summed E-state index contributed by atoms with van der Waals surface area (Å²) >= 11 is 1.46. The molecule has 0 saturated carbocycles. The molecule has 4 aromatic rings. The third kappa shape index (κ3) is 3.68. The average Bonchev–Trinajstić information content (AvgIpc) is 3.26. The summed E-state index contributed by atoms with van der Waals surface area (Å²) in [6.45, 7) is 4.16. The van der Waals surface area contributed by atoms with Gasteiger partial charge in [0, 0.05) is 29.7 Å². The summed E-state index contributed by atoms with van der Waals surface area (Å²) in [6, 6.07) is 20.4. The van der Waals surface area contributed by atoms with Gasteiger partial charge in [-0.3, -0.25) is 9.59 Å². The summed E-state index contributed by atoms with van der Waals surface area (Å²) in [5.74, 6) is 0.681. The minimum atomic E-state index is -0.00642. The summed E-state index contributed by atoms with van der Waals surface area (Å²) in [7, 11) is 0. The highest BCUT2D eigenvalue weighted by Gasteiger charge is 2.26. The van der Waals surface area contributed by atoms with Crippen LogP contribution in [-0.2, 0) is 13.0 Å². The van der Waals surface area contributed by atoms with Crippen LogP contribution in [0.3, 0.4) is 0 Å². The molecule has 0 aliphatic carbocycles. The van der Waals surface area contributed by atoms with Crippen LogP contribution in [0, 0.1) is 5.92 Å². The van der Waals surface area contributed by atoms with E-state index in [0.29, 0.717) is 22.7 Å². The molecule has 3 heterocycles. The van der Waals surface area contributed by atoms with Gasteiger partial charge >= 0.3 is 0 Å². The molecular weight excluding hydrogens is 404 g/mol. The second kappa shape index (κ2) is 8.31. The standard InChI is InChI=1S/C26H26N2O2S/c1-2-28-22-11-7-6-10-20(22)24-21(25(28)29)17-23(31-24)26(30)27-14-12-19(13-15-27)16-18-8-4-3-5-9-18/h3-11,17,19H,2,12-16H2,1H3. The number of nitrogens with zero attached hydrogens (tertiary/aromatic N) is 2. The number of aromatic nitrogens is 1. The zero-order valence-electron chi connectivity index (χ0n) is 17.7. The Balaban J connectivity index is 1.39. The molecule has 158 valence electrons. The Hall–Kier alpha value is -2.92. The fraction of sp³-hybridized carbons (Fsp3) is 0.308. The molecule has 1 saturated heterocycles. The van der Waals surface area contributed by atoms with Crippen molar-refractivity contribution < 1.29 is 4.79 Å². The summed E-state index contributed by atoms with van der Waals surface area (Å²) in [5, 5.41) is 1.71. The second-order valence-corrected chi connectivity index (χ2v) is 9.40. The lowest BCUT2D eigenvalue weighted by Gasteiger charge is -2.31. The van der Waals surface area contributed by atoms with E-state index in [9.17, 15) is 9.59 Å². The first-order chi connectivity index (χ1) is 15.2. The Kier molecular flexibility index (Phi) is 5.36. The Bertz CT molecular complexity index is 1300. The van der Waals surface area contributed by atoms with Gasteiger partial charge < -0.3 is 9.47 Å². The number of likely N-dealkylation sites (tertiary alicyclic amines) is 1. The van der Waals surface area contributed by atoms with Crippen LogP contribution in [0.2, 0.25) is 0 Å². The Labute approximate surface area is 185 Å². The molecule has 1 amide bonds. The van der Waals surface area contributed by atoms with Crippen molar-refractivity contribution in [3.05, 3.63) is 81.5 Å². The molecule has 2 aromatic heterocycles. The number of aryl methyl sites for hydroxylation is 1. The molecule has 0 unspecified atom stereocenters. The molecule has 0 N–H and O–H groups in total.